The summed E-state index contributed by atoms with van der Waals surface area (Å²) in [7, 11) is 9.25. The quantitative estimate of drug-likeness (QED) is 0.0580. The summed E-state index contributed by atoms with van der Waals surface area (Å²) in [4.78, 5) is 68.1. The minimum atomic E-state index is -0.919. The number of nitrogens with two attached hydrogens (primary N) is 2. The standard InChI is InChI=1S/C50H61N5O11S2/c1-61-38-21-26-13-17-34(30-23-36(56)40(67-7)19-15-28(30)43(26)47(65-5)45(38)63-3)54-42(58)25-53-49(59)32(51)11-9-10-12-33(52)50(60)55-35-18-14-27-22-39(62-2)46(64-4)48(66-6)44(27)29-16-20-41(68-8)37(57)24-31(29)35/h15-16,19-24,32-35H,9-14,17-18,25,51-52H2,1-8H3,(H,53,59)(H,54,58)(H,55,60)/t32-,33-,34-,35-/m0/s1. The van der Waals surface area contributed by atoms with Gasteiger partial charge in [-0.05, 0) is 121 Å². The topological polar surface area (TPSA) is 229 Å². The predicted octanol–water partition coefficient (Wildman–Crippen LogP) is 5.47. The number of benzene rings is 2. The first-order valence-electron chi connectivity index (χ1n) is 22.2. The van der Waals surface area contributed by atoms with Gasteiger partial charge in [0.05, 0.1) is 83.2 Å². The normalized spacial score (nSPS) is 15.6. The summed E-state index contributed by atoms with van der Waals surface area (Å²) in [5.74, 6) is 1.38. The molecule has 0 spiro atoms. The molecule has 16 nitrogen and oxygen atoms in total. The van der Waals surface area contributed by atoms with Gasteiger partial charge in [0, 0.05) is 11.1 Å². The Balaban J connectivity index is 1.06. The molecule has 0 unspecified atom stereocenters. The van der Waals surface area contributed by atoms with Crippen LogP contribution in [0, 0.1) is 0 Å². The molecule has 68 heavy (non-hydrogen) atoms. The van der Waals surface area contributed by atoms with Gasteiger partial charge in [-0.1, -0.05) is 25.0 Å². The van der Waals surface area contributed by atoms with E-state index in [1.165, 1.54) is 37.7 Å². The Morgan fingerprint density at radius 2 is 1.03 bits per heavy atom. The highest BCUT2D eigenvalue weighted by molar-refractivity contribution is 7.98. The molecule has 0 bridgehead atoms. The molecule has 4 atom stereocenters. The largest absolute Gasteiger partial charge is 0.493 e. The molecule has 364 valence electrons. The first-order chi connectivity index (χ1) is 32.8. The second kappa shape index (κ2) is 23.4. The van der Waals surface area contributed by atoms with E-state index in [0.29, 0.717) is 106 Å². The Morgan fingerprint density at radius 3 is 1.44 bits per heavy atom. The van der Waals surface area contributed by atoms with E-state index >= 15 is 0 Å². The maximum atomic E-state index is 13.7. The first-order valence-corrected chi connectivity index (χ1v) is 24.7. The average Bonchev–Trinajstić information content (AvgIpc) is 3.74. The van der Waals surface area contributed by atoms with Gasteiger partial charge in [0.15, 0.2) is 33.9 Å². The van der Waals surface area contributed by atoms with Crippen LogP contribution in [0.4, 0.5) is 0 Å². The zero-order valence-corrected chi connectivity index (χ0v) is 41.4. The Kier molecular flexibility index (Phi) is 17.7. The summed E-state index contributed by atoms with van der Waals surface area (Å²) in [5, 5.41) is 8.80. The van der Waals surface area contributed by atoms with Crippen LogP contribution in [-0.2, 0) is 27.2 Å². The lowest BCUT2D eigenvalue weighted by Gasteiger charge is -2.21. The van der Waals surface area contributed by atoms with Crippen LogP contribution in [0.5, 0.6) is 34.5 Å². The Bertz CT molecular complexity index is 2670. The summed E-state index contributed by atoms with van der Waals surface area (Å²) < 4.78 is 34.4. The molecule has 0 aromatic heterocycles. The molecule has 0 saturated carbocycles. The van der Waals surface area contributed by atoms with Gasteiger partial charge in [-0.3, -0.25) is 24.0 Å². The SMILES string of the molecule is COc1cc2c(c(OC)c1OC)-c1ccc(SC)c(=O)cc1[C@@H](NC(=O)CNC(=O)[C@@H](N)CCCC[C@H](N)C(=O)N[C@H]1CCc3cc(OC)c(OC)c(OC)c3-c3ccc(SC)c(=O)cc31)CC2. The van der Waals surface area contributed by atoms with Gasteiger partial charge < -0.3 is 55.8 Å². The van der Waals surface area contributed by atoms with Crippen LogP contribution in [0.15, 0.2) is 67.9 Å². The minimum Gasteiger partial charge on any atom is -0.493 e. The molecule has 0 radical (unpaired) electrons. The fourth-order valence-corrected chi connectivity index (χ4v) is 9.98. The number of hydrogen-bond donors (Lipinski definition) is 5. The fourth-order valence-electron chi connectivity index (χ4n) is 9.05. The number of methoxy groups -OCH3 is 6. The number of unbranched alkanes of at least 4 members (excludes halogenated alkanes) is 1. The summed E-state index contributed by atoms with van der Waals surface area (Å²) in [5.41, 5.74) is 18.3. The number of carbonyl (C=O) groups is 3. The molecule has 2 aliphatic rings. The summed E-state index contributed by atoms with van der Waals surface area (Å²) in [6, 6.07) is 11.2. The van der Waals surface area contributed by atoms with Crippen LogP contribution < -0.4 is 66.7 Å². The molecule has 7 N–H and O–H groups in total. The van der Waals surface area contributed by atoms with Crippen LogP contribution in [0.2, 0.25) is 0 Å². The highest BCUT2D eigenvalue weighted by atomic mass is 32.2. The second-order valence-corrected chi connectivity index (χ2v) is 18.1. The van der Waals surface area contributed by atoms with Gasteiger partial charge >= 0.3 is 0 Å². The Hall–Kier alpha value is -5.95. The van der Waals surface area contributed by atoms with E-state index in [2.05, 4.69) is 16.0 Å². The van der Waals surface area contributed by atoms with Crippen molar-refractivity contribution >= 4 is 41.2 Å². The van der Waals surface area contributed by atoms with Gasteiger partial charge in [0.1, 0.15) is 0 Å². The zero-order valence-electron chi connectivity index (χ0n) is 39.8. The second-order valence-electron chi connectivity index (χ2n) is 16.4. The molecule has 4 aromatic rings. The molecule has 0 aliphatic heterocycles. The van der Waals surface area contributed by atoms with Crippen molar-refractivity contribution in [3.8, 4) is 56.8 Å². The third-order valence-electron chi connectivity index (χ3n) is 12.5. The number of ether oxygens (including phenoxy) is 6. The Labute approximate surface area is 404 Å². The zero-order chi connectivity index (χ0) is 49.2. The lowest BCUT2D eigenvalue weighted by Crippen LogP contribution is -2.45. The van der Waals surface area contributed by atoms with Crippen molar-refractivity contribution in [3.63, 3.8) is 0 Å². The fraction of sp³-hybridized carbons (Fsp3) is 0.420. The number of carbonyl (C=O) groups excluding carboxylic acids is 3. The van der Waals surface area contributed by atoms with Crippen LogP contribution in [0.1, 0.15) is 72.9 Å². The van der Waals surface area contributed by atoms with E-state index in [9.17, 15) is 24.0 Å². The number of amides is 3. The summed E-state index contributed by atoms with van der Waals surface area (Å²) in [6.45, 7) is -0.339. The third kappa shape index (κ3) is 11.0. The monoisotopic (exact) mass is 971 g/mol. The van der Waals surface area contributed by atoms with Gasteiger partial charge in [-0.15, -0.1) is 23.5 Å². The van der Waals surface area contributed by atoms with Crippen LogP contribution in [0.3, 0.4) is 0 Å². The molecule has 2 aliphatic carbocycles. The predicted molar refractivity (Wildman–Crippen MR) is 265 cm³/mol. The lowest BCUT2D eigenvalue weighted by molar-refractivity contribution is -0.127. The molecular weight excluding hydrogens is 911 g/mol. The van der Waals surface area contributed by atoms with Gasteiger partial charge in [-0.2, -0.15) is 0 Å². The van der Waals surface area contributed by atoms with Crippen molar-refractivity contribution in [3.05, 3.63) is 91.2 Å². The molecule has 18 heteroatoms. The van der Waals surface area contributed by atoms with E-state index in [0.717, 1.165) is 27.8 Å². The van der Waals surface area contributed by atoms with Gasteiger partial charge in [0.25, 0.3) is 0 Å². The van der Waals surface area contributed by atoms with Crippen molar-refractivity contribution in [1.82, 2.24) is 16.0 Å². The summed E-state index contributed by atoms with van der Waals surface area (Å²) >= 11 is 2.66. The first kappa shape index (κ1) is 51.4. The van der Waals surface area contributed by atoms with Crippen molar-refractivity contribution in [2.75, 3.05) is 61.7 Å². The minimum absolute atomic E-state index is 0.175. The van der Waals surface area contributed by atoms with Crippen LogP contribution in [0.25, 0.3) is 22.3 Å². The van der Waals surface area contributed by atoms with Gasteiger partial charge in [0.2, 0.25) is 29.2 Å². The molecule has 4 aromatic carbocycles. The van der Waals surface area contributed by atoms with Crippen molar-refractivity contribution < 1.29 is 42.8 Å². The van der Waals surface area contributed by atoms with E-state index in [1.54, 1.807) is 52.7 Å². The van der Waals surface area contributed by atoms with Crippen molar-refractivity contribution in [2.45, 2.75) is 85.3 Å². The lowest BCUT2D eigenvalue weighted by atomic mass is 9.95. The molecular formula is C50H61N5O11S2. The maximum absolute atomic E-state index is 13.7. The number of aryl methyl sites for hydroxylation is 2. The maximum Gasteiger partial charge on any atom is 0.239 e. The number of fused-ring (bicyclic) bond motifs is 6. The Morgan fingerprint density at radius 1 is 0.603 bits per heavy atom. The highest BCUT2D eigenvalue weighted by Crippen LogP contribution is 2.52. The molecule has 0 heterocycles. The van der Waals surface area contributed by atoms with Crippen LogP contribution in [-0.4, -0.2) is 91.5 Å². The van der Waals surface area contributed by atoms with Gasteiger partial charge in [-0.25, -0.2) is 0 Å². The highest BCUT2D eigenvalue weighted by Gasteiger charge is 2.32. The van der Waals surface area contributed by atoms with E-state index < -0.39 is 36.0 Å². The van der Waals surface area contributed by atoms with E-state index in [1.807, 2.05) is 36.8 Å². The smallest absolute Gasteiger partial charge is 0.239 e. The summed E-state index contributed by atoms with van der Waals surface area (Å²) in [6.07, 6.45) is 7.20. The van der Waals surface area contributed by atoms with E-state index in [-0.39, 0.29) is 29.7 Å². The molecule has 0 saturated heterocycles. The number of hydrogen-bond acceptors (Lipinski definition) is 15. The molecule has 3 amide bonds. The van der Waals surface area contributed by atoms with Crippen molar-refractivity contribution in [1.29, 1.82) is 0 Å². The number of rotatable bonds is 19. The average molecular weight is 972 g/mol. The van der Waals surface area contributed by atoms with Crippen molar-refractivity contribution in [2.24, 2.45) is 11.5 Å². The third-order valence-corrected chi connectivity index (χ3v) is 14.0. The van der Waals surface area contributed by atoms with E-state index in [4.69, 9.17) is 39.9 Å². The molecule has 6 rings (SSSR count). The van der Waals surface area contributed by atoms with Crippen LogP contribution >= 0.6 is 23.5 Å². The number of thioether (sulfide) groups is 2. The number of nitrogens with one attached hydrogen (secondary N) is 3. The molecule has 0 fully saturated rings.